The Morgan fingerprint density at radius 2 is 1.50 bits per heavy atom. The third kappa shape index (κ3) is 5.20. The predicted octanol–water partition coefficient (Wildman–Crippen LogP) is 9.13. The normalized spacial score (nSPS) is 45.1. The Bertz CT molecular complexity index is 1110. The molecule has 5 aliphatic carbocycles. The number of carbonyl (C=O) groups is 2. The zero-order valence-electron chi connectivity index (χ0n) is 29.4. The Hall–Kier alpha value is -1.10. The minimum absolute atomic E-state index is 0.0166. The lowest BCUT2D eigenvalue weighted by atomic mass is 9.32. The highest BCUT2D eigenvalue weighted by Crippen LogP contribution is 2.77. The van der Waals surface area contributed by atoms with Gasteiger partial charge >= 0.3 is 11.9 Å². The first kappa shape index (κ1) is 32.8. The highest BCUT2D eigenvalue weighted by Gasteiger charge is 2.70. The van der Waals surface area contributed by atoms with Gasteiger partial charge in [0.2, 0.25) is 0 Å². The molecule has 2 unspecified atom stereocenters. The molecule has 0 bridgehead atoms. The van der Waals surface area contributed by atoms with Crippen LogP contribution in [0.15, 0.2) is 0 Å². The van der Waals surface area contributed by atoms with Crippen LogP contribution in [-0.2, 0) is 14.3 Å². The van der Waals surface area contributed by atoms with Crippen LogP contribution >= 0.6 is 0 Å². The van der Waals surface area contributed by atoms with Gasteiger partial charge in [-0.2, -0.15) is 0 Å². The number of nitrogens with zero attached hydrogens (tertiary/aromatic N) is 1. The minimum atomic E-state index is -0.857. The fourth-order valence-electron chi connectivity index (χ4n) is 13.8. The van der Waals surface area contributed by atoms with Crippen molar-refractivity contribution in [2.24, 2.45) is 56.2 Å². The highest BCUT2D eigenvalue weighted by atomic mass is 16.5. The molecule has 0 aromatic rings. The molecule has 5 heteroatoms. The standard InChI is InChI=1S/C39H65NO4/c1-34(2,25-32(41)42)26-33(43)44-31-15-17-36(5)29(35(31,3)4)14-18-38(7)30(36)13-12-27-28-11-10-16-39(28,20-19-37(27,38)6)21-24-40-22-8-9-23-40/h27-31H,8-26H2,1-7H3,(H,41,42)/t27-,28-,29?,30?,31+,36+,37-,38-,39-/m1/s1. The van der Waals surface area contributed by atoms with E-state index in [4.69, 9.17) is 4.74 Å². The summed E-state index contributed by atoms with van der Waals surface area (Å²) in [5.74, 6) is 2.02. The molecule has 1 saturated heterocycles. The maximum atomic E-state index is 13.1. The van der Waals surface area contributed by atoms with Crippen LogP contribution in [0.5, 0.6) is 0 Å². The second kappa shape index (κ2) is 11.3. The Morgan fingerprint density at radius 3 is 2.20 bits per heavy atom. The van der Waals surface area contributed by atoms with E-state index in [9.17, 15) is 14.7 Å². The number of carboxylic acids is 1. The number of rotatable bonds is 8. The maximum absolute atomic E-state index is 13.1. The Labute approximate surface area is 269 Å². The van der Waals surface area contributed by atoms with E-state index in [2.05, 4.69) is 39.5 Å². The summed E-state index contributed by atoms with van der Waals surface area (Å²) in [4.78, 5) is 27.2. The summed E-state index contributed by atoms with van der Waals surface area (Å²) in [6, 6.07) is 0. The quantitative estimate of drug-likeness (QED) is 0.277. The molecule has 6 fully saturated rings. The number of esters is 1. The average molecular weight is 612 g/mol. The molecule has 1 aliphatic heterocycles. The summed E-state index contributed by atoms with van der Waals surface area (Å²) in [6.07, 6.45) is 19.1. The Balaban J connectivity index is 1.18. The lowest BCUT2D eigenvalue weighted by molar-refractivity contribution is -0.249. The Kier molecular flexibility index (Phi) is 8.40. The second-order valence-corrected chi connectivity index (χ2v) is 19.1. The number of hydrogen-bond donors (Lipinski definition) is 1. The van der Waals surface area contributed by atoms with E-state index in [1.165, 1.54) is 96.7 Å². The molecule has 0 aromatic carbocycles. The van der Waals surface area contributed by atoms with Crippen LogP contribution in [0.1, 0.15) is 151 Å². The van der Waals surface area contributed by atoms with Crippen molar-refractivity contribution < 1.29 is 19.4 Å². The van der Waals surface area contributed by atoms with Gasteiger partial charge in [-0.3, -0.25) is 9.59 Å². The molecule has 5 saturated carbocycles. The number of hydrogen-bond acceptors (Lipinski definition) is 4. The van der Waals surface area contributed by atoms with Gasteiger partial charge in [-0.05, 0) is 154 Å². The molecule has 9 atom stereocenters. The molecule has 0 amide bonds. The highest BCUT2D eigenvalue weighted by molar-refractivity contribution is 5.73. The molecular formula is C39H65NO4. The number of carbonyl (C=O) groups excluding carboxylic acids is 1. The summed E-state index contributed by atoms with van der Waals surface area (Å²) in [6.45, 7) is 20.6. The van der Waals surface area contributed by atoms with E-state index in [-0.39, 0.29) is 35.7 Å². The fourth-order valence-corrected chi connectivity index (χ4v) is 13.8. The molecule has 0 spiro atoms. The second-order valence-electron chi connectivity index (χ2n) is 19.1. The first-order valence-electron chi connectivity index (χ1n) is 18.7. The van der Waals surface area contributed by atoms with E-state index in [0.29, 0.717) is 22.2 Å². The molecular weight excluding hydrogens is 546 g/mol. The van der Waals surface area contributed by atoms with Gasteiger partial charge in [0.1, 0.15) is 6.10 Å². The monoisotopic (exact) mass is 611 g/mol. The van der Waals surface area contributed by atoms with Crippen LogP contribution in [-0.4, -0.2) is 47.7 Å². The topological polar surface area (TPSA) is 66.8 Å². The van der Waals surface area contributed by atoms with E-state index in [1.807, 2.05) is 13.8 Å². The van der Waals surface area contributed by atoms with Gasteiger partial charge in [-0.15, -0.1) is 0 Å². The van der Waals surface area contributed by atoms with Gasteiger partial charge in [-0.1, -0.05) is 54.9 Å². The van der Waals surface area contributed by atoms with Crippen molar-refractivity contribution in [2.45, 2.75) is 157 Å². The van der Waals surface area contributed by atoms with Crippen molar-refractivity contribution in [1.29, 1.82) is 0 Å². The van der Waals surface area contributed by atoms with Crippen molar-refractivity contribution in [2.75, 3.05) is 19.6 Å². The van der Waals surface area contributed by atoms with E-state index in [1.54, 1.807) is 0 Å². The maximum Gasteiger partial charge on any atom is 0.306 e. The summed E-state index contributed by atoms with van der Waals surface area (Å²) in [5, 5.41) is 9.30. The van der Waals surface area contributed by atoms with Gasteiger partial charge < -0.3 is 14.7 Å². The summed E-state index contributed by atoms with van der Waals surface area (Å²) >= 11 is 0. The summed E-state index contributed by atoms with van der Waals surface area (Å²) in [7, 11) is 0. The predicted molar refractivity (Wildman–Crippen MR) is 176 cm³/mol. The number of aliphatic carboxylic acids is 1. The molecule has 0 aromatic heterocycles. The van der Waals surface area contributed by atoms with Crippen molar-refractivity contribution in [3.8, 4) is 0 Å². The lowest BCUT2D eigenvalue weighted by Crippen LogP contribution is -2.66. The average Bonchev–Trinajstić information content (AvgIpc) is 3.59. The van der Waals surface area contributed by atoms with Gasteiger partial charge in [0, 0.05) is 5.41 Å². The van der Waals surface area contributed by atoms with Gasteiger partial charge in [0.05, 0.1) is 12.8 Å². The van der Waals surface area contributed by atoms with Crippen LogP contribution in [0.4, 0.5) is 0 Å². The molecule has 0 radical (unpaired) electrons. The van der Waals surface area contributed by atoms with E-state index in [0.717, 1.165) is 30.6 Å². The van der Waals surface area contributed by atoms with Gasteiger partial charge in [-0.25, -0.2) is 0 Å². The largest absolute Gasteiger partial charge is 0.481 e. The minimum Gasteiger partial charge on any atom is -0.481 e. The SMILES string of the molecule is CC(C)(CC(=O)O)CC(=O)O[C@H]1CC[C@@]2(C)C(CC[C@]3(C)C2CC[C@@H]2[C@H]4CCC[C@]4(CCN4CCCC4)CC[C@]23C)C1(C)C. The van der Waals surface area contributed by atoms with Gasteiger partial charge in [0.15, 0.2) is 0 Å². The first-order chi connectivity index (χ1) is 20.6. The number of carboxylic acid groups (broad SMARTS) is 1. The fraction of sp³-hybridized carbons (Fsp3) is 0.949. The molecule has 1 N–H and O–H groups in total. The van der Waals surface area contributed by atoms with E-state index >= 15 is 0 Å². The molecule has 5 nitrogen and oxygen atoms in total. The number of ether oxygens (including phenoxy) is 1. The molecule has 44 heavy (non-hydrogen) atoms. The molecule has 250 valence electrons. The van der Waals surface area contributed by atoms with Crippen LogP contribution in [0.25, 0.3) is 0 Å². The molecule has 6 aliphatic rings. The van der Waals surface area contributed by atoms with Crippen LogP contribution < -0.4 is 0 Å². The van der Waals surface area contributed by atoms with Crippen molar-refractivity contribution in [3.05, 3.63) is 0 Å². The zero-order valence-corrected chi connectivity index (χ0v) is 29.4. The summed E-state index contributed by atoms with van der Waals surface area (Å²) in [5.41, 5.74) is 1.02. The number of likely N-dealkylation sites (tertiary alicyclic amines) is 1. The molecule has 1 heterocycles. The lowest BCUT2D eigenvalue weighted by Gasteiger charge is -2.72. The third-order valence-electron chi connectivity index (χ3n) is 16.1. The van der Waals surface area contributed by atoms with Crippen LogP contribution in [0.3, 0.4) is 0 Å². The van der Waals surface area contributed by atoms with Crippen LogP contribution in [0, 0.1) is 56.2 Å². The number of fused-ring (bicyclic) bond motifs is 7. The van der Waals surface area contributed by atoms with Gasteiger partial charge in [0.25, 0.3) is 0 Å². The van der Waals surface area contributed by atoms with Crippen LogP contribution in [0.2, 0.25) is 0 Å². The zero-order chi connectivity index (χ0) is 31.8. The molecule has 6 rings (SSSR count). The van der Waals surface area contributed by atoms with Crippen molar-refractivity contribution in [1.82, 2.24) is 4.90 Å². The van der Waals surface area contributed by atoms with Crippen molar-refractivity contribution in [3.63, 3.8) is 0 Å². The first-order valence-corrected chi connectivity index (χ1v) is 18.7. The smallest absolute Gasteiger partial charge is 0.306 e. The Morgan fingerprint density at radius 1 is 0.773 bits per heavy atom. The third-order valence-corrected chi connectivity index (χ3v) is 16.1. The summed E-state index contributed by atoms with van der Waals surface area (Å²) < 4.78 is 6.27. The van der Waals surface area contributed by atoms with E-state index < -0.39 is 11.4 Å². The van der Waals surface area contributed by atoms with Crippen molar-refractivity contribution >= 4 is 11.9 Å².